The number of ether oxygens (including phenoxy) is 1. The van der Waals surface area contributed by atoms with Crippen LogP contribution in [0, 0.1) is 12.8 Å². The molecule has 1 atom stereocenters. The summed E-state index contributed by atoms with van der Waals surface area (Å²) in [7, 11) is 0. The second-order valence-corrected chi connectivity index (χ2v) is 8.14. The lowest BCUT2D eigenvalue weighted by molar-refractivity contribution is -0.131. The van der Waals surface area contributed by atoms with Crippen LogP contribution in [0.1, 0.15) is 50.0 Å². The molecule has 0 unspecified atom stereocenters. The Morgan fingerprint density at radius 1 is 1.20 bits per heavy atom. The molecule has 4 heterocycles. The number of carbonyl (C=O) groups excluding carboxylic acids is 1. The summed E-state index contributed by atoms with van der Waals surface area (Å²) in [6, 6.07) is 4.11. The van der Waals surface area contributed by atoms with Gasteiger partial charge in [-0.25, -0.2) is 0 Å². The van der Waals surface area contributed by atoms with E-state index in [1.165, 1.54) is 12.8 Å². The van der Waals surface area contributed by atoms with Crippen molar-refractivity contribution >= 4 is 5.91 Å². The first-order valence-corrected chi connectivity index (χ1v) is 9.81. The Morgan fingerprint density at radius 3 is 2.64 bits per heavy atom. The van der Waals surface area contributed by atoms with Crippen LogP contribution in [0.3, 0.4) is 0 Å². The summed E-state index contributed by atoms with van der Waals surface area (Å²) < 4.78 is 11.9. The Labute approximate surface area is 150 Å². The first kappa shape index (κ1) is 17.1. The topological polar surface area (TPSA) is 45.9 Å². The van der Waals surface area contributed by atoms with Crippen molar-refractivity contribution in [2.45, 2.75) is 57.6 Å². The van der Waals surface area contributed by atoms with Crippen LogP contribution in [-0.4, -0.2) is 54.1 Å². The third kappa shape index (κ3) is 3.93. The Hall–Kier alpha value is -1.33. The molecule has 0 aromatic carbocycles. The molecule has 138 valence electrons. The Bertz CT molecular complexity index is 598. The Morgan fingerprint density at radius 2 is 1.96 bits per heavy atom. The zero-order chi connectivity index (χ0) is 17.3. The van der Waals surface area contributed by atoms with Gasteiger partial charge in [0.15, 0.2) is 0 Å². The molecular formula is C20H30N2O3. The molecule has 0 saturated carbocycles. The predicted octanol–water partition coefficient (Wildman–Crippen LogP) is 2.97. The average molecular weight is 346 g/mol. The van der Waals surface area contributed by atoms with Gasteiger partial charge in [0.25, 0.3) is 0 Å². The number of nitrogens with zero attached hydrogens (tertiary/aromatic N) is 2. The van der Waals surface area contributed by atoms with Crippen LogP contribution >= 0.6 is 0 Å². The first-order valence-electron chi connectivity index (χ1n) is 9.81. The van der Waals surface area contributed by atoms with Gasteiger partial charge in [-0.15, -0.1) is 0 Å². The fourth-order valence-corrected chi connectivity index (χ4v) is 4.67. The van der Waals surface area contributed by atoms with Gasteiger partial charge in [-0.2, -0.15) is 0 Å². The van der Waals surface area contributed by atoms with E-state index in [1.54, 1.807) is 0 Å². The molecule has 25 heavy (non-hydrogen) atoms. The van der Waals surface area contributed by atoms with E-state index in [4.69, 9.17) is 9.15 Å². The van der Waals surface area contributed by atoms with Crippen molar-refractivity contribution < 1.29 is 13.9 Å². The van der Waals surface area contributed by atoms with Crippen molar-refractivity contribution in [1.82, 2.24) is 9.80 Å². The van der Waals surface area contributed by atoms with E-state index >= 15 is 0 Å². The third-order valence-corrected chi connectivity index (χ3v) is 6.15. The lowest BCUT2D eigenvalue weighted by Crippen LogP contribution is -2.43. The van der Waals surface area contributed by atoms with Gasteiger partial charge in [0.05, 0.1) is 18.8 Å². The zero-order valence-corrected chi connectivity index (χ0v) is 15.3. The molecule has 1 aromatic heterocycles. The zero-order valence-electron chi connectivity index (χ0n) is 15.3. The fraction of sp³-hybridized carbons (Fsp3) is 0.750. The van der Waals surface area contributed by atoms with Gasteiger partial charge in [0.1, 0.15) is 11.5 Å². The van der Waals surface area contributed by atoms with Crippen molar-refractivity contribution in [3.8, 4) is 0 Å². The number of carbonyl (C=O) groups is 1. The van der Waals surface area contributed by atoms with Crippen LogP contribution in [0.15, 0.2) is 16.5 Å². The monoisotopic (exact) mass is 346 g/mol. The highest BCUT2D eigenvalue weighted by Gasteiger charge is 2.43. The van der Waals surface area contributed by atoms with Crippen molar-refractivity contribution in [2.24, 2.45) is 5.92 Å². The van der Waals surface area contributed by atoms with Crippen molar-refractivity contribution in [3.05, 3.63) is 23.7 Å². The Balaban J connectivity index is 1.25. The summed E-state index contributed by atoms with van der Waals surface area (Å²) >= 11 is 0. The van der Waals surface area contributed by atoms with Crippen LogP contribution < -0.4 is 0 Å². The van der Waals surface area contributed by atoms with E-state index < -0.39 is 0 Å². The minimum Gasteiger partial charge on any atom is -0.465 e. The van der Waals surface area contributed by atoms with Gasteiger partial charge in [0, 0.05) is 32.6 Å². The summed E-state index contributed by atoms with van der Waals surface area (Å²) in [6.07, 6.45) is 6.21. The quantitative estimate of drug-likeness (QED) is 0.841. The lowest BCUT2D eigenvalue weighted by Gasteiger charge is -2.38. The largest absolute Gasteiger partial charge is 0.465 e. The summed E-state index contributed by atoms with van der Waals surface area (Å²) in [4.78, 5) is 16.9. The number of aryl methyl sites for hydroxylation is 1. The number of rotatable bonds is 4. The molecule has 3 fully saturated rings. The van der Waals surface area contributed by atoms with Gasteiger partial charge >= 0.3 is 0 Å². The van der Waals surface area contributed by atoms with Gasteiger partial charge in [0.2, 0.25) is 5.91 Å². The number of likely N-dealkylation sites (tertiary alicyclic amines) is 2. The molecule has 3 aliphatic heterocycles. The van der Waals surface area contributed by atoms with Crippen LogP contribution in [0.25, 0.3) is 0 Å². The summed E-state index contributed by atoms with van der Waals surface area (Å²) in [6.45, 7) is 7.65. The van der Waals surface area contributed by atoms with Crippen LogP contribution in [-0.2, 0) is 16.1 Å². The van der Waals surface area contributed by atoms with Gasteiger partial charge in [-0.3, -0.25) is 9.69 Å². The lowest BCUT2D eigenvalue weighted by atomic mass is 9.84. The molecule has 0 bridgehead atoms. The third-order valence-electron chi connectivity index (χ3n) is 6.15. The normalized spacial score (nSPS) is 26.6. The fourth-order valence-electron chi connectivity index (χ4n) is 4.67. The molecule has 3 aliphatic rings. The maximum atomic E-state index is 12.4. The first-order chi connectivity index (χ1) is 12.1. The highest BCUT2D eigenvalue weighted by atomic mass is 16.5. The smallest absolute Gasteiger partial charge is 0.222 e. The summed E-state index contributed by atoms with van der Waals surface area (Å²) in [5.41, 5.74) is 0.0194. The van der Waals surface area contributed by atoms with E-state index in [0.29, 0.717) is 18.2 Å². The number of furan rings is 1. The van der Waals surface area contributed by atoms with Gasteiger partial charge in [-0.05, 0) is 57.1 Å². The van der Waals surface area contributed by atoms with Gasteiger partial charge in [-0.1, -0.05) is 0 Å². The molecule has 0 N–H and O–H groups in total. The number of hydrogen-bond donors (Lipinski definition) is 0. The number of hydrogen-bond acceptors (Lipinski definition) is 4. The Kier molecular flexibility index (Phi) is 4.87. The predicted molar refractivity (Wildman–Crippen MR) is 95.2 cm³/mol. The summed E-state index contributed by atoms with van der Waals surface area (Å²) in [5, 5.41) is 0. The molecule has 3 saturated heterocycles. The minimum atomic E-state index is 0.0194. The van der Waals surface area contributed by atoms with E-state index in [9.17, 15) is 4.79 Å². The second-order valence-electron chi connectivity index (χ2n) is 8.14. The molecule has 1 amide bonds. The number of piperidine rings is 1. The van der Waals surface area contributed by atoms with E-state index in [2.05, 4.69) is 11.0 Å². The maximum absolute atomic E-state index is 12.4. The average Bonchev–Trinajstić information content (AvgIpc) is 3.33. The van der Waals surface area contributed by atoms with Crippen molar-refractivity contribution in [2.75, 3.05) is 32.8 Å². The van der Waals surface area contributed by atoms with E-state index in [1.807, 2.05) is 17.9 Å². The highest BCUT2D eigenvalue weighted by molar-refractivity contribution is 5.76. The van der Waals surface area contributed by atoms with E-state index in [0.717, 1.165) is 70.1 Å². The van der Waals surface area contributed by atoms with Crippen LogP contribution in [0.2, 0.25) is 0 Å². The SMILES string of the molecule is Cc1ccc(CN2CCC3(CC2)C[C@@H](CC(=O)N2CCCC2)CO3)o1. The molecule has 5 nitrogen and oxygen atoms in total. The number of amides is 1. The molecule has 4 rings (SSSR count). The van der Waals surface area contributed by atoms with E-state index in [-0.39, 0.29) is 5.60 Å². The minimum absolute atomic E-state index is 0.0194. The molecule has 1 spiro atoms. The highest BCUT2D eigenvalue weighted by Crippen LogP contribution is 2.40. The van der Waals surface area contributed by atoms with Crippen LogP contribution in [0.5, 0.6) is 0 Å². The second kappa shape index (κ2) is 7.12. The molecule has 0 radical (unpaired) electrons. The summed E-state index contributed by atoms with van der Waals surface area (Å²) in [5.74, 6) is 2.78. The molecule has 1 aromatic rings. The molecule has 0 aliphatic carbocycles. The van der Waals surface area contributed by atoms with Crippen LogP contribution in [0.4, 0.5) is 0 Å². The van der Waals surface area contributed by atoms with Gasteiger partial charge < -0.3 is 14.1 Å². The standard InChI is InChI=1S/C20H30N2O3/c1-16-4-5-18(25-16)14-21-10-6-20(7-11-21)13-17(15-24-20)12-19(23)22-8-2-3-9-22/h4-5,17H,2-3,6-15H2,1H3/t17-/m1/s1. The molecular weight excluding hydrogens is 316 g/mol. The van der Waals surface area contributed by atoms with Crippen molar-refractivity contribution in [1.29, 1.82) is 0 Å². The van der Waals surface area contributed by atoms with Crippen molar-refractivity contribution in [3.63, 3.8) is 0 Å². The molecule has 5 heteroatoms. The maximum Gasteiger partial charge on any atom is 0.222 e.